The van der Waals surface area contributed by atoms with Gasteiger partial charge in [0.05, 0.1) is 6.04 Å². The lowest BCUT2D eigenvalue weighted by atomic mass is 9.98. The number of nitrogens with one attached hydrogen (secondary N) is 1. The van der Waals surface area contributed by atoms with Crippen LogP contribution in [0.25, 0.3) is 0 Å². The molecular weight excluding hydrogens is 346 g/mol. The molecule has 0 radical (unpaired) electrons. The maximum atomic E-state index is 12.8. The predicted octanol–water partition coefficient (Wildman–Crippen LogP) is 1.16. The number of hydrogen-bond acceptors (Lipinski definition) is 4. The van der Waals surface area contributed by atoms with Crippen LogP contribution in [0.1, 0.15) is 38.7 Å². The lowest BCUT2D eigenvalue weighted by molar-refractivity contribution is -0.145. The second-order valence-corrected chi connectivity index (χ2v) is 7.20. The van der Waals surface area contributed by atoms with Crippen molar-refractivity contribution in [3.05, 3.63) is 35.9 Å². The monoisotopic (exact) mass is 375 g/mol. The zero-order valence-corrected chi connectivity index (χ0v) is 15.9. The lowest BCUT2D eigenvalue weighted by Crippen LogP contribution is -2.55. The normalized spacial score (nSPS) is 20.0. The number of amides is 2. The first-order valence-corrected chi connectivity index (χ1v) is 9.48. The average molecular weight is 375 g/mol. The van der Waals surface area contributed by atoms with Gasteiger partial charge in [-0.2, -0.15) is 0 Å². The third kappa shape index (κ3) is 5.29. The fourth-order valence-electron chi connectivity index (χ4n) is 3.40. The molecule has 27 heavy (non-hydrogen) atoms. The molecule has 1 aliphatic heterocycles. The van der Waals surface area contributed by atoms with Crippen LogP contribution in [0.15, 0.2) is 30.3 Å². The third-order valence-corrected chi connectivity index (χ3v) is 5.23. The van der Waals surface area contributed by atoms with E-state index in [-0.39, 0.29) is 11.8 Å². The van der Waals surface area contributed by atoms with Crippen LogP contribution < -0.4 is 11.1 Å². The molecule has 2 rings (SSSR count). The summed E-state index contributed by atoms with van der Waals surface area (Å²) < 4.78 is 0. The van der Waals surface area contributed by atoms with Gasteiger partial charge in [-0.05, 0) is 30.7 Å². The van der Waals surface area contributed by atoms with Crippen LogP contribution in [-0.4, -0.2) is 52.5 Å². The van der Waals surface area contributed by atoms with Gasteiger partial charge in [-0.3, -0.25) is 9.59 Å². The maximum Gasteiger partial charge on any atom is 0.326 e. The Morgan fingerprint density at radius 1 is 1.30 bits per heavy atom. The summed E-state index contributed by atoms with van der Waals surface area (Å²) in [5, 5.41) is 12.0. The van der Waals surface area contributed by atoms with Gasteiger partial charge in [0.2, 0.25) is 11.8 Å². The Balaban J connectivity index is 2.03. The Bertz CT molecular complexity index is 664. The molecule has 1 heterocycles. The Morgan fingerprint density at radius 3 is 2.56 bits per heavy atom. The van der Waals surface area contributed by atoms with Gasteiger partial charge in [0.15, 0.2) is 0 Å². The number of likely N-dealkylation sites (tertiary alicyclic amines) is 1. The highest BCUT2D eigenvalue weighted by Gasteiger charge is 2.38. The lowest BCUT2D eigenvalue weighted by Gasteiger charge is -2.29. The molecule has 2 amide bonds. The third-order valence-electron chi connectivity index (χ3n) is 5.23. The maximum absolute atomic E-state index is 12.8. The molecule has 1 aromatic rings. The van der Waals surface area contributed by atoms with Crippen molar-refractivity contribution in [3.63, 3.8) is 0 Å². The number of nitrogens with zero attached hydrogens (tertiary/aromatic N) is 1. The van der Waals surface area contributed by atoms with Crippen molar-refractivity contribution in [2.24, 2.45) is 11.7 Å². The van der Waals surface area contributed by atoms with E-state index in [1.54, 1.807) is 6.92 Å². The van der Waals surface area contributed by atoms with E-state index < -0.39 is 30.0 Å². The molecule has 0 spiro atoms. The van der Waals surface area contributed by atoms with Crippen molar-refractivity contribution in [2.75, 3.05) is 6.54 Å². The second kappa shape index (κ2) is 9.50. The quantitative estimate of drug-likeness (QED) is 0.631. The highest BCUT2D eigenvalue weighted by molar-refractivity contribution is 5.92. The van der Waals surface area contributed by atoms with E-state index in [2.05, 4.69) is 5.32 Å². The molecule has 0 aromatic heterocycles. The van der Waals surface area contributed by atoms with Gasteiger partial charge in [0.1, 0.15) is 12.1 Å². The summed E-state index contributed by atoms with van der Waals surface area (Å²) >= 11 is 0. The van der Waals surface area contributed by atoms with Crippen LogP contribution in [0.4, 0.5) is 0 Å². The fraction of sp³-hybridized carbons (Fsp3) is 0.550. The fourth-order valence-corrected chi connectivity index (χ4v) is 3.40. The number of carbonyl (C=O) groups is 3. The summed E-state index contributed by atoms with van der Waals surface area (Å²) in [4.78, 5) is 38.4. The number of carboxylic acids is 1. The molecule has 7 heteroatoms. The molecule has 1 fully saturated rings. The van der Waals surface area contributed by atoms with Gasteiger partial charge < -0.3 is 21.1 Å². The molecule has 4 N–H and O–H groups in total. The summed E-state index contributed by atoms with van der Waals surface area (Å²) in [6.45, 7) is 4.12. The highest BCUT2D eigenvalue weighted by Crippen LogP contribution is 2.20. The van der Waals surface area contributed by atoms with Gasteiger partial charge in [0, 0.05) is 6.54 Å². The number of aliphatic carboxylic acids is 1. The molecule has 1 aromatic carbocycles. The van der Waals surface area contributed by atoms with E-state index in [1.165, 1.54) is 4.90 Å². The molecule has 148 valence electrons. The molecule has 1 saturated heterocycles. The molecule has 0 aliphatic carbocycles. The highest BCUT2D eigenvalue weighted by atomic mass is 16.4. The summed E-state index contributed by atoms with van der Waals surface area (Å²) in [6.07, 6.45) is 2.24. The number of hydrogen-bond donors (Lipinski definition) is 3. The summed E-state index contributed by atoms with van der Waals surface area (Å²) in [6, 6.07) is 7.14. The minimum atomic E-state index is -1.06. The van der Waals surface area contributed by atoms with Crippen molar-refractivity contribution >= 4 is 17.8 Å². The van der Waals surface area contributed by atoms with E-state index in [0.29, 0.717) is 32.2 Å². The zero-order valence-electron chi connectivity index (χ0n) is 15.9. The van der Waals surface area contributed by atoms with Gasteiger partial charge in [-0.15, -0.1) is 0 Å². The van der Waals surface area contributed by atoms with Crippen LogP contribution in [0.2, 0.25) is 0 Å². The molecule has 0 unspecified atom stereocenters. The Morgan fingerprint density at radius 2 is 1.96 bits per heavy atom. The topological polar surface area (TPSA) is 113 Å². The molecule has 0 saturated carbocycles. The summed E-state index contributed by atoms with van der Waals surface area (Å²) in [7, 11) is 0. The van der Waals surface area contributed by atoms with Crippen LogP contribution in [0.3, 0.4) is 0 Å². The second-order valence-electron chi connectivity index (χ2n) is 7.20. The van der Waals surface area contributed by atoms with Crippen LogP contribution in [0.5, 0.6) is 0 Å². The van der Waals surface area contributed by atoms with E-state index >= 15 is 0 Å². The smallest absolute Gasteiger partial charge is 0.326 e. The largest absolute Gasteiger partial charge is 0.480 e. The van der Waals surface area contributed by atoms with Crippen LogP contribution in [0, 0.1) is 5.92 Å². The van der Waals surface area contributed by atoms with Crippen molar-refractivity contribution in [1.29, 1.82) is 0 Å². The Labute approximate surface area is 159 Å². The minimum absolute atomic E-state index is 0.197. The SMILES string of the molecule is CC[C@H](C)[C@H](NC(=O)[C@@H]1CCCN1C(=O)[C@@H](N)Cc1ccccc1)C(=O)O. The average Bonchev–Trinajstić information content (AvgIpc) is 3.15. The number of carboxylic acid groups (broad SMARTS) is 1. The van der Waals surface area contributed by atoms with E-state index in [1.807, 2.05) is 37.3 Å². The standard InChI is InChI=1S/C20H29N3O4/c1-3-13(2)17(20(26)27)22-18(24)16-10-7-11-23(16)19(25)15(21)12-14-8-5-4-6-9-14/h4-6,8-9,13,15-17H,3,7,10-12,21H2,1-2H3,(H,22,24)(H,26,27)/t13-,15-,16-,17-/m0/s1. The number of nitrogens with two attached hydrogens (primary N) is 1. The van der Waals surface area contributed by atoms with Gasteiger partial charge >= 0.3 is 5.97 Å². The first-order chi connectivity index (χ1) is 12.8. The number of carbonyl (C=O) groups excluding carboxylic acids is 2. The number of rotatable bonds is 8. The number of benzene rings is 1. The predicted molar refractivity (Wildman–Crippen MR) is 102 cm³/mol. The molecule has 4 atom stereocenters. The first kappa shape index (κ1) is 20.9. The van der Waals surface area contributed by atoms with Crippen molar-refractivity contribution in [3.8, 4) is 0 Å². The van der Waals surface area contributed by atoms with Crippen LogP contribution >= 0.6 is 0 Å². The summed E-state index contributed by atoms with van der Waals surface area (Å²) in [5.74, 6) is -1.95. The van der Waals surface area contributed by atoms with Crippen molar-refractivity contribution in [1.82, 2.24) is 10.2 Å². The Kier molecular flexibility index (Phi) is 7.36. The molecule has 0 bridgehead atoms. The Hall–Kier alpha value is -2.41. The van der Waals surface area contributed by atoms with Crippen LogP contribution in [-0.2, 0) is 20.8 Å². The molecular formula is C20H29N3O4. The van der Waals surface area contributed by atoms with Gasteiger partial charge in [0.25, 0.3) is 0 Å². The zero-order chi connectivity index (χ0) is 20.0. The first-order valence-electron chi connectivity index (χ1n) is 9.48. The van der Waals surface area contributed by atoms with Gasteiger partial charge in [-0.25, -0.2) is 4.79 Å². The van der Waals surface area contributed by atoms with Crippen molar-refractivity contribution < 1.29 is 19.5 Å². The molecule has 1 aliphatic rings. The van der Waals surface area contributed by atoms with E-state index in [9.17, 15) is 19.5 Å². The minimum Gasteiger partial charge on any atom is -0.480 e. The van der Waals surface area contributed by atoms with Crippen molar-refractivity contribution in [2.45, 2.75) is 57.7 Å². The van der Waals surface area contributed by atoms with E-state index in [4.69, 9.17) is 5.73 Å². The molecule has 7 nitrogen and oxygen atoms in total. The van der Waals surface area contributed by atoms with E-state index in [0.717, 1.165) is 5.56 Å². The summed E-state index contributed by atoms with van der Waals surface area (Å²) in [5.41, 5.74) is 7.05. The van der Waals surface area contributed by atoms with Gasteiger partial charge in [-0.1, -0.05) is 50.6 Å².